The van der Waals surface area contributed by atoms with E-state index in [9.17, 15) is 4.79 Å². The Morgan fingerprint density at radius 1 is 1.15 bits per heavy atom. The molecular weight excluding hydrogens is 328 g/mol. The van der Waals surface area contributed by atoms with Crippen LogP contribution in [0.1, 0.15) is 29.9 Å². The van der Waals surface area contributed by atoms with Crippen molar-refractivity contribution in [2.45, 2.75) is 13.8 Å². The third-order valence-electron chi connectivity index (χ3n) is 3.78. The largest absolute Gasteiger partial charge is 0.494 e. The molecule has 0 bridgehead atoms. The molecule has 6 nitrogen and oxygen atoms in total. The predicted octanol–water partition coefficient (Wildman–Crippen LogP) is 3.63. The van der Waals surface area contributed by atoms with Gasteiger partial charge in [0, 0.05) is 5.56 Å². The first-order valence-electron chi connectivity index (χ1n) is 8.36. The molecule has 0 saturated heterocycles. The average molecular weight is 348 g/mol. The fraction of sp³-hybridized carbons (Fsp3) is 0.150. The highest BCUT2D eigenvalue weighted by Crippen LogP contribution is 2.22. The van der Waals surface area contributed by atoms with Gasteiger partial charge in [-0.2, -0.15) is 10.2 Å². The normalized spacial score (nSPS) is 11.2. The molecule has 26 heavy (non-hydrogen) atoms. The van der Waals surface area contributed by atoms with Crippen LogP contribution in [0.5, 0.6) is 5.75 Å². The Labute approximate surface area is 151 Å². The number of aromatic amines is 1. The number of rotatable bonds is 6. The number of carbonyl (C=O) groups excluding carboxylic acids is 1. The second-order valence-corrected chi connectivity index (χ2v) is 5.63. The minimum absolute atomic E-state index is 0.339. The van der Waals surface area contributed by atoms with Crippen LogP contribution in [0.15, 0.2) is 65.8 Å². The van der Waals surface area contributed by atoms with E-state index in [1.165, 1.54) is 0 Å². The molecule has 0 aliphatic heterocycles. The van der Waals surface area contributed by atoms with Gasteiger partial charge in [-0.15, -0.1) is 0 Å². The van der Waals surface area contributed by atoms with E-state index < -0.39 is 0 Å². The molecule has 0 spiro atoms. The smallest absolute Gasteiger partial charge is 0.289 e. The molecule has 0 fully saturated rings. The molecule has 132 valence electrons. The van der Waals surface area contributed by atoms with Gasteiger partial charge in [0.2, 0.25) is 0 Å². The summed E-state index contributed by atoms with van der Waals surface area (Å²) in [7, 11) is 0. The maximum absolute atomic E-state index is 12.3. The summed E-state index contributed by atoms with van der Waals surface area (Å²) >= 11 is 0. The maximum atomic E-state index is 12.3. The molecule has 0 radical (unpaired) electrons. The summed E-state index contributed by atoms with van der Waals surface area (Å²) in [6.45, 7) is 4.37. The highest BCUT2D eigenvalue weighted by atomic mass is 16.5. The van der Waals surface area contributed by atoms with Crippen LogP contribution in [0.4, 0.5) is 0 Å². The van der Waals surface area contributed by atoms with Gasteiger partial charge in [-0.1, -0.05) is 42.5 Å². The van der Waals surface area contributed by atoms with Gasteiger partial charge in [-0.05, 0) is 37.6 Å². The number of hydrogen-bond donors (Lipinski definition) is 2. The van der Waals surface area contributed by atoms with Gasteiger partial charge < -0.3 is 4.74 Å². The van der Waals surface area contributed by atoms with Crippen molar-refractivity contribution in [1.82, 2.24) is 15.6 Å². The molecule has 1 aromatic heterocycles. The zero-order valence-electron chi connectivity index (χ0n) is 14.7. The summed E-state index contributed by atoms with van der Waals surface area (Å²) in [4.78, 5) is 12.3. The highest BCUT2D eigenvalue weighted by Gasteiger charge is 2.11. The molecule has 0 saturated carbocycles. The zero-order chi connectivity index (χ0) is 18.4. The summed E-state index contributed by atoms with van der Waals surface area (Å²) in [5, 5.41) is 11.1. The van der Waals surface area contributed by atoms with Crippen molar-refractivity contribution in [3.05, 3.63) is 71.9 Å². The number of nitrogens with one attached hydrogen (secondary N) is 2. The van der Waals surface area contributed by atoms with E-state index in [2.05, 4.69) is 20.7 Å². The van der Waals surface area contributed by atoms with Crippen LogP contribution in [-0.4, -0.2) is 28.4 Å². The number of H-pyrrole nitrogens is 1. The quantitative estimate of drug-likeness (QED) is 0.527. The first-order chi connectivity index (χ1) is 12.7. The van der Waals surface area contributed by atoms with E-state index in [0.29, 0.717) is 18.0 Å². The predicted molar refractivity (Wildman–Crippen MR) is 101 cm³/mol. The number of hydrogen-bond acceptors (Lipinski definition) is 4. The number of aromatic nitrogens is 2. The van der Waals surface area contributed by atoms with Crippen LogP contribution in [-0.2, 0) is 0 Å². The zero-order valence-corrected chi connectivity index (χ0v) is 14.7. The Kier molecular flexibility index (Phi) is 5.43. The average Bonchev–Trinajstić information content (AvgIpc) is 3.17. The molecule has 3 rings (SSSR count). The SMILES string of the molecule is CCOc1cccc(-c2cc(C(=O)N/N=C(\C)c3ccccc3)[nH]n2)c1. The van der Waals surface area contributed by atoms with Gasteiger partial charge in [0.1, 0.15) is 11.4 Å². The lowest BCUT2D eigenvalue weighted by atomic mass is 10.1. The van der Waals surface area contributed by atoms with Crippen LogP contribution >= 0.6 is 0 Å². The standard InChI is InChI=1S/C20H20N4O2/c1-3-26-17-11-7-10-16(12-17)18-13-19(23-22-18)20(25)24-21-14(2)15-8-5-4-6-9-15/h4-13H,3H2,1-2H3,(H,22,23)(H,24,25)/b21-14+. The lowest BCUT2D eigenvalue weighted by Crippen LogP contribution is -2.19. The number of amides is 1. The highest BCUT2D eigenvalue weighted by molar-refractivity contribution is 6.00. The van der Waals surface area contributed by atoms with Crippen molar-refractivity contribution >= 4 is 11.6 Å². The Morgan fingerprint density at radius 2 is 1.96 bits per heavy atom. The van der Waals surface area contributed by atoms with Gasteiger partial charge in [0.15, 0.2) is 0 Å². The molecule has 2 N–H and O–H groups in total. The second kappa shape index (κ2) is 8.11. The summed E-state index contributed by atoms with van der Waals surface area (Å²) in [6.07, 6.45) is 0. The maximum Gasteiger partial charge on any atom is 0.289 e. The van der Waals surface area contributed by atoms with Crippen molar-refractivity contribution in [2.24, 2.45) is 5.10 Å². The molecule has 0 atom stereocenters. The summed E-state index contributed by atoms with van der Waals surface area (Å²) in [6, 6.07) is 18.9. The third-order valence-corrected chi connectivity index (χ3v) is 3.78. The first kappa shape index (κ1) is 17.4. The lowest BCUT2D eigenvalue weighted by molar-refractivity contribution is 0.0950. The van der Waals surface area contributed by atoms with Gasteiger partial charge in [0.05, 0.1) is 18.0 Å². The first-order valence-corrected chi connectivity index (χ1v) is 8.36. The van der Waals surface area contributed by atoms with E-state index in [1.807, 2.05) is 68.4 Å². The topological polar surface area (TPSA) is 79.4 Å². The van der Waals surface area contributed by atoms with E-state index in [4.69, 9.17) is 4.74 Å². The molecule has 3 aromatic rings. The molecule has 0 aliphatic rings. The van der Waals surface area contributed by atoms with Crippen molar-refractivity contribution in [2.75, 3.05) is 6.61 Å². The van der Waals surface area contributed by atoms with Gasteiger partial charge in [0.25, 0.3) is 5.91 Å². The van der Waals surface area contributed by atoms with Crippen molar-refractivity contribution in [3.8, 4) is 17.0 Å². The van der Waals surface area contributed by atoms with Crippen molar-refractivity contribution < 1.29 is 9.53 Å². The lowest BCUT2D eigenvalue weighted by Gasteiger charge is -2.03. The monoisotopic (exact) mass is 348 g/mol. The minimum atomic E-state index is -0.347. The van der Waals surface area contributed by atoms with Crippen LogP contribution in [0.3, 0.4) is 0 Å². The van der Waals surface area contributed by atoms with E-state index in [1.54, 1.807) is 6.07 Å². The number of benzene rings is 2. The summed E-state index contributed by atoms with van der Waals surface area (Å²) in [5.74, 6) is 0.419. The van der Waals surface area contributed by atoms with E-state index >= 15 is 0 Å². The molecule has 6 heteroatoms. The molecule has 0 aliphatic carbocycles. The molecule has 1 amide bonds. The van der Waals surface area contributed by atoms with Gasteiger partial charge in [-0.25, -0.2) is 5.43 Å². The van der Waals surface area contributed by atoms with Crippen molar-refractivity contribution in [3.63, 3.8) is 0 Å². The van der Waals surface area contributed by atoms with E-state index in [0.717, 1.165) is 22.6 Å². The Balaban J connectivity index is 1.71. The Hall–Kier alpha value is -3.41. The molecular formula is C20H20N4O2. The van der Waals surface area contributed by atoms with Crippen molar-refractivity contribution in [1.29, 1.82) is 0 Å². The fourth-order valence-electron chi connectivity index (χ4n) is 2.44. The van der Waals surface area contributed by atoms with Gasteiger partial charge >= 0.3 is 0 Å². The van der Waals surface area contributed by atoms with Crippen LogP contribution < -0.4 is 10.2 Å². The van der Waals surface area contributed by atoms with E-state index in [-0.39, 0.29) is 5.91 Å². The van der Waals surface area contributed by atoms with Gasteiger partial charge in [-0.3, -0.25) is 9.89 Å². The van der Waals surface area contributed by atoms with Crippen LogP contribution in [0, 0.1) is 0 Å². The van der Waals surface area contributed by atoms with Crippen LogP contribution in [0.25, 0.3) is 11.3 Å². The fourth-order valence-corrected chi connectivity index (χ4v) is 2.44. The molecule has 0 unspecified atom stereocenters. The molecule has 1 heterocycles. The Bertz CT molecular complexity index is 916. The minimum Gasteiger partial charge on any atom is -0.494 e. The molecule has 2 aromatic carbocycles. The summed E-state index contributed by atoms with van der Waals surface area (Å²) < 4.78 is 5.49. The number of nitrogens with zero attached hydrogens (tertiary/aromatic N) is 2. The number of ether oxygens (including phenoxy) is 1. The second-order valence-electron chi connectivity index (χ2n) is 5.63. The number of carbonyl (C=O) groups is 1. The Morgan fingerprint density at radius 3 is 2.73 bits per heavy atom. The van der Waals surface area contributed by atoms with Crippen LogP contribution in [0.2, 0.25) is 0 Å². The number of hydrazone groups is 1. The third kappa shape index (κ3) is 4.16. The summed E-state index contributed by atoms with van der Waals surface area (Å²) in [5.41, 5.74) is 6.10.